The van der Waals surface area contributed by atoms with Crippen LogP contribution in [0.2, 0.25) is 0 Å². The third kappa shape index (κ3) is 4.81. The molecule has 2 rings (SSSR count). The SMILES string of the molecule is CCCn1ncnc1CC(CSc1ccccc1Br)NN. The average molecular weight is 370 g/mol. The first-order valence-electron chi connectivity index (χ1n) is 6.94. The minimum atomic E-state index is 0.155. The molecule has 0 spiro atoms. The number of nitrogens with zero attached hydrogens (tertiary/aromatic N) is 3. The minimum absolute atomic E-state index is 0.155. The molecule has 0 aliphatic rings. The number of hydrazine groups is 1. The van der Waals surface area contributed by atoms with E-state index in [1.807, 2.05) is 22.9 Å². The van der Waals surface area contributed by atoms with E-state index in [-0.39, 0.29) is 6.04 Å². The molecule has 21 heavy (non-hydrogen) atoms. The molecule has 0 aliphatic heterocycles. The van der Waals surface area contributed by atoms with Gasteiger partial charge in [0.2, 0.25) is 0 Å². The van der Waals surface area contributed by atoms with Gasteiger partial charge in [-0.3, -0.25) is 16.0 Å². The van der Waals surface area contributed by atoms with Gasteiger partial charge in [-0.1, -0.05) is 19.1 Å². The van der Waals surface area contributed by atoms with Crippen molar-refractivity contribution in [2.24, 2.45) is 5.84 Å². The molecule has 114 valence electrons. The summed E-state index contributed by atoms with van der Waals surface area (Å²) in [7, 11) is 0. The summed E-state index contributed by atoms with van der Waals surface area (Å²) in [6.07, 6.45) is 3.43. The molecule has 3 N–H and O–H groups in total. The summed E-state index contributed by atoms with van der Waals surface area (Å²) in [4.78, 5) is 5.55. The van der Waals surface area contributed by atoms with E-state index in [1.165, 1.54) is 4.90 Å². The second-order valence-corrected chi connectivity index (χ2v) is 6.62. The normalized spacial score (nSPS) is 12.5. The largest absolute Gasteiger partial charge is 0.271 e. The zero-order valence-electron chi connectivity index (χ0n) is 12.0. The van der Waals surface area contributed by atoms with Crippen LogP contribution in [0.15, 0.2) is 40.0 Å². The monoisotopic (exact) mass is 369 g/mol. The lowest BCUT2D eigenvalue weighted by Crippen LogP contribution is -2.39. The second-order valence-electron chi connectivity index (χ2n) is 4.71. The molecule has 0 bridgehead atoms. The Balaban J connectivity index is 1.94. The Morgan fingerprint density at radius 1 is 1.43 bits per heavy atom. The molecule has 1 aromatic carbocycles. The number of nitrogens with two attached hydrogens (primary N) is 1. The van der Waals surface area contributed by atoms with Crippen LogP contribution in [0.3, 0.4) is 0 Å². The van der Waals surface area contributed by atoms with Gasteiger partial charge in [-0.2, -0.15) is 5.10 Å². The quantitative estimate of drug-likeness (QED) is 0.425. The number of halogens is 1. The Morgan fingerprint density at radius 3 is 2.95 bits per heavy atom. The summed E-state index contributed by atoms with van der Waals surface area (Å²) in [5.41, 5.74) is 2.88. The van der Waals surface area contributed by atoms with Crippen molar-refractivity contribution < 1.29 is 0 Å². The number of nitrogens with one attached hydrogen (secondary N) is 1. The van der Waals surface area contributed by atoms with E-state index in [2.05, 4.69) is 44.4 Å². The van der Waals surface area contributed by atoms with Crippen LogP contribution in [0, 0.1) is 0 Å². The Hall–Kier alpha value is -0.890. The van der Waals surface area contributed by atoms with Crippen molar-refractivity contribution in [2.45, 2.75) is 37.2 Å². The first-order chi connectivity index (χ1) is 10.2. The molecule has 0 radical (unpaired) electrons. The molecule has 0 saturated carbocycles. The van der Waals surface area contributed by atoms with Crippen LogP contribution in [-0.4, -0.2) is 26.6 Å². The maximum atomic E-state index is 5.68. The molecule has 0 fully saturated rings. The zero-order valence-corrected chi connectivity index (χ0v) is 14.4. The van der Waals surface area contributed by atoms with Crippen molar-refractivity contribution in [3.05, 3.63) is 40.9 Å². The van der Waals surface area contributed by atoms with Gasteiger partial charge in [0.1, 0.15) is 12.2 Å². The summed E-state index contributed by atoms with van der Waals surface area (Å²) in [6.45, 7) is 3.02. The number of aryl methyl sites for hydroxylation is 1. The first kappa shape index (κ1) is 16.5. The lowest BCUT2D eigenvalue weighted by Gasteiger charge is -2.16. The van der Waals surface area contributed by atoms with Crippen molar-refractivity contribution in [2.75, 3.05) is 5.75 Å². The number of aromatic nitrogens is 3. The molecule has 0 amide bonds. The lowest BCUT2D eigenvalue weighted by atomic mass is 10.2. The van der Waals surface area contributed by atoms with Gasteiger partial charge in [0.25, 0.3) is 0 Å². The topological polar surface area (TPSA) is 68.8 Å². The first-order valence-corrected chi connectivity index (χ1v) is 8.72. The third-order valence-corrected chi connectivity index (χ3v) is 5.26. The Bertz CT molecular complexity index is 560. The van der Waals surface area contributed by atoms with E-state index < -0.39 is 0 Å². The van der Waals surface area contributed by atoms with Crippen LogP contribution >= 0.6 is 27.7 Å². The number of thioether (sulfide) groups is 1. The maximum absolute atomic E-state index is 5.68. The van der Waals surface area contributed by atoms with Gasteiger partial charge in [-0.05, 0) is 34.5 Å². The van der Waals surface area contributed by atoms with Crippen molar-refractivity contribution in [3.8, 4) is 0 Å². The predicted molar refractivity (Wildman–Crippen MR) is 90.0 cm³/mol. The van der Waals surface area contributed by atoms with Gasteiger partial charge in [0.15, 0.2) is 0 Å². The minimum Gasteiger partial charge on any atom is -0.271 e. The van der Waals surface area contributed by atoms with E-state index >= 15 is 0 Å². The summed E-state index contributed by atoms with van der Waals surface area (Å²) in [5.74, 6) is 7.54. The van der Waals surface area contributed by atoms with E-state index in [9.17, 15) is 0 Å². The van der Waals surface area contributed by atoms with Crippen LogP contribution < -0.4 is 11.3 Å². The summed E-state index contributed by atoms with van der Waals surface area (Å²) in [5, 5.41) is 4.25. The molecular weight excluding hydrogens is 350 g/mol. The fourth-order valence-corrected chi connectivity index (χ4v) is 3.59. The van der Waals surface area contributed by atoms with E-state index in [1.54, 1.807) is 18.1 Å². The highest BCUT2D eigenvalue weighted by atomic mass is 79.9. The highest BCUT2D eigenvalue weighted by Gasteiger charge is 2.13. The van der Waals surface area contributed by atoms with Gasteiger partial charge >= 0.3 is 0 Å². The molecule has 1 heterocycles. The summed E-state index contributed by atoms with van der Waals surface area (Å²) >= 11 is 5.34. The predicted octanol–water partition coefficient (Wildman–Crippen LogP) is 2.62. The van der Waals surface area contributed by atoms with Gasteiger partial charge < -0.3 is 0 Å². The fraction of sp³-hybridized carbons (Fsp3) is 0.429. The van der Waals surface area contributed by atoms with Gasteiger partial charge in [-0.15, -0.1) is 11.8 Å². The lowest BCUT2D eigenvalue weighted by molar-refractivity contribution is 0.513. The molecule has 2 aromatic rings. The Labute approximate surface area is 137 Å². The van der Waals surface area contributed by atoms with E-state index in [0.29, 0.717) is 0 Å². The van der Waals surface area contributed by atoms with Crippen LogP contribution in [0.5, 0.6) is 0 Å². The molecule has 1 aromatic heterocycles. The maximum Gasteiger partial charge on any atom is 0.138 e. The van der Waals surface area contributed by atoms with Gasteiger partial charge in [-0.25, -0.2) is 4.98 Å². The fourth-order valence-electron chi connectivity index (χ4n) is 1.98. The van der Waals surface area contributed by atoms with E-state index in [4.69, 9.17) is 5.84 Å². The Kier molecular flexibility index (Phi) is 6.69. The standard InChI is InChI=1S/C14H20BrN5S/c1-2-7-20-14(17-10-18-20)8-11(19-16)9-21-13-6-4-3-5-12(13)15/h3-6,10-11,19H,2,7-9,16H2,1H3. The number of benzene rings is 1. The number of hydrogen-bond acceptors (Lipinski definition) is 5. The third-order valence-electron chi connectivity index (χ3n) is 3.07. The van der Waals surface area contributed by atoms with Crippen molar-refractivity contribution in [1.82, 2.24) is 20.2 Å². The smallest absolute Gasteiger partial charge is 0.138 e. The molecule has 0 aliphatic carbocycles. The molecule has 1 unspecified atom stereocenters. The molecule has 0 saturated heterocycles. The van der Waals surface area contributed by atoms with Crippen molar-refractivity contribution >= 4 is 27.7 Å². The highest BCUT2D eigenvalue weighted by molar-refractivity contribution is 9.10. The molecule has 1 atom stereocenters. The van der Waals surface area contributed by atoms with Crippen LogP contribution in [-0.2, 0) is 13.0 Å². The van der Waals surface area contributed by atoms with Gasteiger partial charge in [0, 0.05) is 34.1 Å². The Morgan fingerprint density at radius 2 is 2.24 bits per heavy atom. The highest BCUT2D eigenvalue weighted by Crippen LogP contribution is 2.27. The summed E-state index contributed by atoms with van der Waals surface area (Å²) < 4.78 is 3.06. The van der Waals surface area contributed by atoms with Crippen LogP contribution in [0.1, 0.15) is 19.2 Å². The van der Waals surface area contributed by atoms with Gasteiger partial charge in [0.05, 0.1) is 0 Å². The van der Waals surface area contributed by atoms with Crippen LogP contribution in [0.25, 0.3) is 0 Å². The van der Waals surface area contributed by atoms with Crippen molar-refractivity contribution in [3.63, 3.8) is 0 Å². The summed E-state index contributed by atoms with van der Waals surface area (Å²) in [6, 6.07) is 8.35. The van der Waals surface area contributed by atoms with Crippen molar-refractivity contribution in [1.29, 1.82) is 0 Å². The number of hydrogen-bond donors (Lipinski definition) is 2. The second kappa shape index (κ2) is 8.53. The zero-order chi connectivity index (χ0) is 15.1. The molecular formula is C14H20BrN5S. The molecule has 7 heteroatoms. The van der Waals surface area contributed by atoms with Crippen LogP contribution in [0.4, 0.5) is 0 Å². The van der Waals surface area contributed by atoms with E-state index in [0.717, 1.165) is 35.4 Å². The number of rotatable bonds is 8. The average Bonchev–Trinajstić information content (AvgIpc) is 2.92. The molecule has 5 nitrogen and oxygen atoms in total.